The number of rotatable bonds is 8. The average Bonchev–Trinajstić information content (AvgIpc) is 2.53. The summed E-state index contributed by atoms with van der Waals surface area (Å²) in [7, 11) is 0. The second-order valence-electron chi connectivity index (χ2n) is 5.12. The summed E-state index contributed by atoms with van der Waals surface area (Å²) in [4.78, 5) is 0. The summed E-state index contributed by atoms with van der Waals surface area (Å²) in [5.74, 6) is 0.823. The van der Waals surface area contributed by atoms with Gasteiger partial charge in [-0.3, -0.25) is 0 Å². The Labute approximate surface area is 126 Å². The van der Waals surface area contributed by atoms with Crippen LogP contribution in [0.5, 0.6) is 5.75 Å². The van der Waals surface area contributed by atoms with Crippen LogP contribution in [0, 0.1) is 0 Å². The highest BCUT2D eigenvalue weighted by Gasteiger charge is 2.03. The van der Waals surface area contributed by atoms with Gasteiger partial charge in [-0.2, -0.15) is 0 Å². The molecule has 112 valence electrons. The molecule has 0 aliphatic carbocycles. The Morgan fingerprint density at radius 3 is 2.52 bits per heavy atom. The Bertz CT molecular complexity index is 528. The summed E-state index contributed by atoms with van der Waals surface area (Å²) in [6, 6.07) is 18.3. The lowest BCUT2D eigenvalue weighted by Gasteiger charge is -2.11. The fourth-order valence-corrected chi connectivity index (χ4v) is 2.05. The van der Waals surface area contributed by atoms with Crippen LogP contribution in [0.4, 0.5) is 0 Å². The Balaban J connectivity index is 1.76. The molecule has 3 heteroatoms. The third-order valence-corrected chi connectivity index (χ3v) is 3.34. The molecule has 0 saturated heterocycles. The van der Waals surface area contributed by atoms with Crippen LogP contribution in [0.25, 0.3) is 0 Å². The van der Waals surface area contributed by atoms with Gasteiger partial charge in [0.15, 0.2) is 6.79 Å². The second kappa shape index (κ2) is 8.45. The molecule has 2 aromatic rings. The SMILES string of the molecule is CCC(N)Cc1cccc(OCOCc2ccccc2)c1. The molecule has 0 spiro atoms. The van der Waals surface area contributed by atoms with Crippen LogP contribution in [0.15, 0.2) is 54.6 Å². The van der Waals surface area contributed by atoms with Crippen molar-refractivity contribution in [2.45, 2.75) is 32.4 Å². The van der Waals surface area contributed by atoms with Crippen molar-refractivity contribution in [3.05, 3.63) is 65.7 Å². The summed E-state index contributed by atoms with van der Waals surface area (Å²) >= 11 is 0. The van der Waals surface area contributed by atoms with Crippen LogP contribution in [0.2, 0.25) is 0 Å². The fraction of sp³-hybridized carbons (Fsp3) is 0.333. The number of hydrogen-bond acceptors (Lipinski definition) is 3. The van der Waals surface area contributed by atoms with Crippen molar-refractivity contribution in [2.75, 3.05) is 6.79 Å². The fourth-order valence-electron chi connectivity index (χ4n) is 2.05. The Hall–Kier alpha value is -1.84. The van der Waals surface area contributed by atoms with Gasteiger partial charge in [0.2, 0.25) is 0 Å². The first-order valence-corrected chi connectivity index (χ1v) is 7.37. The van der Waals surface area contributed by atoms with Gasteiger partial charge in [0, 0.05) is 6.04 Å². The van der Waals surface area contributed by atoms with Gasteiger partial charge in [-0.15, -0.1) is 0 Å². The first-order valence-electron chi connectivity index (χ1n) is 7.37. The lowest BCUT2D eigenvalue weighted by Crippen LogP contribution is -2.21. The van der Waals surface area contributed by atoms with Gasteiger partial charge in [-0.1, -0.05) is 49.4 Å². The lowest BCUT2D eigenvalue weighted by atomic mass is 10.0. The Morgan fingerprint density at radius 1 is 1.00 bits per heavy atom. The van der Waals surface area contributed by atoms with Crippen molar-refractivity contribution in [3.8, 4) is 5.75 Å². The quantitative estimate of drug-likeness (QED) is 0.596. The summed E-state index contributed by atoms with van der Waals surface area (Å²) in [6.45, 7) is 2.90. The lowest BCUT2D eigenvalue weighted by molar-refractivity contribution is 0.00501. The third kappa shape index (κ3) is 5.58. The molecule has 0 saturated carbocycles. The zero-order valence-corrected chi connectivity index (χ0v) is 12.5. The molecular formula is C18H23NO2. The van der Waals surface area contributed by atoms with Crippen LogP contribution in [-0.2, 0) is 17.8 Å². The first-order chi connectivity index (χ1) is 10.3. The Morgan fingerprint density at radius 2 is 1.76 bits per heavy atom. The monoisotopic (exact) mass is 285 g/mol. The number of ether oxygens (including phenoxy) is 2. The largest absolute Gasteiger partial charge is 0.468 e. The smallest absolute Gasteiger partial charge is 0.189 e. The van der Waals surface area contributed by atoms with Crippen molar-refractivity contribution in [1.82, 2.24) is 0 Å². The van der Waals surface area contributed by atoms with Crippen LogP contribution in [0.1, 0.15) is 24.5 Å². The highest BCUT2D eigenvalue weighted by atomic mass is 16.7. The standard InChI is InChI=1S/C18H23NO2/c1-2-17(19)11-16-9-6-10-18(12-16)21-14-20-13-15-7-4-3-5-8-15/h3-10,12,17H,2,11,13-14,19H2,1H3. The van der Waals surface area contributed by atoms with E-state index in [-0.39, 0.29) is 12.8 Å². The summed E-state index contributed by atoms with van der Waals surface area (Å²) in [6.07, 6.45) is 1.85. The van der Waals surface area contributed by atoms with Gasteiger partial charge < -0.3 is 15.2 Å². The van der Waals surface area contributed by atoms with Crippen molar-refractivity contribution in [1.29, 1.82) is 0 Å². The molecule has 0 aromatic heterocycles. The van der Waals surface area contributed by atoms with Gasteiger partial charge in [0.1, 0.15) is 5.75 Å². The maximum atomic E-state index is 5.98. The molecule has 0 bridgehead atoms. The molecular weight excluding hydrogens is 262 g/mol. The predicted octanol–water partition coefficient (Wildman–Crippen LogP) is 3.52. The molecule has 0 aliphatic heterocycles. The molecule has 0 aliphatic rings. The summed E-state index contributed by atoms with van der Waals surface area (Å²) < 4.78 is 11.1. The minimum absolute atomic E-state index is 0.203. The van der Waals surface area contributed by atoms with E-state index in [1.165, 1.54) is 5.56 Å². The normalized spacial score (nSPS) is 12.1. The van der Waals surface area contributed by atoms with E-state index in [9.17, 15) is 0 Å². The second-order valence-corrected chi connectivity index (χ2v) is 5.12. The van der Waals surface area contributed by atoms with E-state index in [0.717, 1.165) is 24.2 Å². The van der Waals surface area contributed by atoms with Crippen LogP contribution < -0.4 is 10.5 Å². The van der Waals surface area contributed by atoms with Gasteiger partial charge in [0.25, 0.3) is 0 Å². The molecule has 2 aromatic carbocycles. The maximum absolute atomic E-state index is 5.98. The van der Waals surface area contributed by atoms with E-state index in [2.05, 4.69) is 13.0 Å². The minimum Gasteiger partial charge on any atom is -0.468 e. The molecule has 21 heavy (non-hydrogen) atoms. The maximum Gasteiger partial charge on any atom is 0.189 e. The van der Waals surface area contributed by atoms with Crippen molar-refractivity contribution in [3.63, 3.8) is 0 Å². The van der Waals surface area contributed by atoms with E-state index in [1.54, 1.807) is 0 Å². The molecule has 1 atom stereocenters. The number of nitrogens with two attached hydrogens (primary N) is 1. The first kappa shape index (κ1) is 15.5. The molecule has 0 radical (unpaired) electrons. The zero-order valence-electron chi connectivity index (χ0n) is 12.5. The molecule has 0 fully saturated rings. The molecule has 3 nitrogen and oxygen atoms in total. The van der Waals surface area contributed by atoms with Crippen molar-refractivity contribution < 1.29 is 9.47 Å². The topological polar surface area (TPSA) is 44.5 Å². The predicted molar refractivity (Wildman–Crippen MR) is 85.1 cm³/mol. The van der Waals surface area contributed by atoms with Crippen LogP contribution >= 0.6 is 0 Å². The zero-order chi connectivity index (χ0) is 14.9. The van der Waals surface area contributed by atoms with E-state index < -0.39 is 0 Å². The number of hydrogen-bond donors (Lipinski definition) is 1. The van der Waals surface area contributed by atoms with E-state index >= 15 is 0 Å². The third-order valence-electron chi connectivity index (χ3n) is 3.34. The van der Waals surface area contributed by atoms with Crippen molar-refractivity contribution in [2.24, 2.45) is 5.73 Å². The van der Waals surface area contributed by atoms with Gasteiger partial charge in [-0.25, -0.2) is 0 Å². The molecule has 2 N–H and O–H groups in total. The average molecular weight is 285 g/mol. The molecule has 1 unspecified atom stereocenters. The molecule has 2 rings (SSSR count). The van der Waals surface area contributed by atoms with E-state index in [1.807, 2.05) is 48.5 Å². The highest BCUT2D eigenvalue weighted by molar-refractivity contribution is 5.29. The summed E-state index contributed by atoms with van der Waals surface area (Å²) in [5, 5.41) is 0. The van der Waals surface area contributed by atoms with Gasteiger partial charge in [0.05, 0.1) is 6.61 Å². The number of benzene rings is 2. The van der Waals surface area contributed by atoms with Gasteiger partial charge in [-0.05, 0) is 36.1 Å². The van der Waals surface area contributed by atoms with Gasteiger partial charge >= 0.3 is 0 Å². The Kier molecular flexibility index (Phi) is 6.25. The minimum atomic E-state index is 0.203. The highest BCUT2D eigenvalue weighted by Crippen LogP contribution is 2.15. The van der Waals surface area contributed by atoms with E-state index in [0.29, 0.717) is 6.61 Å². The summed E-state index contributed by atoms with van der Waals surface area (Å²) in [5.41, 5.74) is 8.32. The molecule has 0 heterocycles. The molecule has 0 amide bonds. The van der Waals surface area contributed by atoms with Crippen LogP contribution in [-0.4, -0.2) is 12.8 Å². The van der Waals surface area contributed by atoms with Crippen molar-refractivity contribution >= 4 is 0 Å². The van der Waals surface area contributed by atoms with E-state index in [4.69, 9.17) is 15.2 Å². The van der Waals surface area contributed by atoms with Crippen LogP contribution in [0.3, 0.4) is 0 Å².